The van der Waals surface area contributed by atoms with Crippen LogP contribution in [-0.2, 0) is 27.4 Å². The summed E-state index contributed by atoms with van der Waals surface area (Å²) < 4.78 is 67.8. The van der Waals surface area contributed by atoms with E-state index in [1.54, 1.807) is 19.1 Å². The van der Waals surface area contributed by atoms with Crippen molar-refractivity contribution in [1.29, 1.82) is 0 Å². The number of carbonyl (C=O) groups excluding carboxylic acids is 1. The predicted molar refractivity (Wildman–Crippen MR) is 135 cm³/mol. The smallest absolute Gasteiger partial charge is 0.355 e. The highest BCUT2D eigenvalue weighted by Gasteiger charge is 2.35. The molecular weight excluding hydrogens is 513 g/mol. The standard InChI is InChI=1S/C26H26ClF3N2O3S/c1-18-8-11-22(12-9-18)36(34,35)32(21-10-13-24(27)23(16-21)26(28,29)30)17-25(33)31-14-4-7-20-6-3-5-19(2)15-20/h3,5-6,8-13,15-16H,4,7,14,17H2,1-2H3,(H,31,33). The summed E-state index contributed by atoms with van der Waals surface area (Å²) >= 11 is 5.72. The van der Waals surface area contributed by atoms with Crippen LogP contribution in [0.2, 0.25) is 5.02 Å². The zero-order valence-corrected chi connectivity index (χ0v) is 21.3. The normalized spacial score (nSPS) is 11.8. The molecule has 5 nitrogen and oxygen atoms in total. The zero-order chi connectivity index (χ0) is 26.5. The van der Waals surface area contributed by atoms with E-state index in [-0.39, 0.29) is 17.1 Å². The van der Waals surface area contributed by atoms with Crippen LogP contribution in [0.5, 0.6) is 0 Å². The third-order valence-electron chi connectivity index (χ3n) is 5.49. The predicted octanol–water partition coefficient (Wildman–Crippen LogP) is 5.92. The highest BCUT2D eigenvalue weighted by molar-refractivity contribution is 7.92. The Labute approximate surface area is 213 Å². The first-order valence-electron chi connectivity index (χ1n) is 11.2. The molecular formula is C26H26ClF3N2O3S. The minimum atomic E-state index is -4.80. The van der Waals surface area contributed by atoms with E-state index in [4.69, 9.17) is 11.6 Å². The molecule has 1 amide bonds. The highest BCUT2D eigenvalue weighted by Crippen LogP contribution is 2.38. The Morgan fingerprint density at radius 1 is 0.972 bits per heavy atom. The van der Waals surface area contributed by atoms with Gasteiger partial charge in [0.05, 0.1) is 21.2 Å². The fourth-order valence-corrected chi connectivity index (χ4v) is 5.25. The highest BCUT2D eigenvalue weighted by atomic mass is 35.5. The molecule has 0 aliphatic heterocycles. The number of benzene rings is 3. The number of hydrogen-bond acceptors (Lipinski definition) is 3. The van der Waals surface area contributed by atoms with Crippen molar-refractivity contribution in [2.24, 2.45) is 0 Å². The van der Waals surface area contributed by atoms with Crippen molar-refractivity contribution >= 4 is 33.2 Å². The van der Waals surface area contributed by atoms with Crippen molar-refractivity contribution in [2.45, 2.75) is 37.8 Å². The van der Waals surface area contributed by atoms with Gasteiger partial charge in [0.25, 0.3) is 10.0 Å². The maximum Gasteiger partial charge on any atom is 0.417 e. The molecule has 0 aliphatic rings. The van der Waals surface area contributed by atoms with Crippen LogP contribution >= 0.6 is 11.6 Å². The topological polar surface area (TPSA) is 66.5 Å². The number of amides is 1. The van der Waals surface area contributed by atoms with Gasteiger partial charge in [-0.1, -0.05) is 59.1 Å². The summed E-state index contributed by atoms with van der Waals surface area (Å²) in [5.41, 5.74) is 1.52. The molecule has 36 heavy (non-hydrogen) atoms. The molecule has 0 radical (unpaired) electrons. The van der Waals surface area contributed by atoms with E-state index in [0.717, 1.165) is 28.8 Å². The molecule has 0 aliphatic carbocycles. The molecule has 0 atom stereocenters. The summed E-state index contributed by atoms with van der Waals surface area (Å²) in [7, 11) is -4.36. The number of anilines is 1. The first-order valence-corrected chi connectivity index (χ1v) is 13.0. The fraction of sp³-hybridized carbons (Fsp3) is 0.269. The van der Waals surface area contributed by atoms with Crippen LogP contribution < -0.4 is 9.62 Å². The molecule has 192 valence electrons. The van der Waals surface area contributed by atoms with Crippen LogP contribution in [0.3, 0.4) is 0 Å². The Kier molecular flexibility index (Phi) is 8.68. The van der Waals surface area contributed by atoms with Crippen LogP contribution in [-0.4, -0.2) is 27.4 Å². The van der Waals surface area contributed by atoms with Gasteiger partial charge in [0.15, 0.2) is 0 Å². The van der Waals surface area contributed by atoms with E-state index in [1.165, 1.54) is 12.1 Å². The number of sulfonamides is 1. The quantitative estimate of drug-likeness (QED) is 0.344. The molecule has 0 bridgehead atoms. The second kappa shape index (κ2) is 11.3. The first kappa shape index (κ1) is 27.5. The van der Waals surface area contributed by atoms with E-state index < -0.39 is 39.2 Å². The number of nitrogens with one attached hydrogen (secondary N) is 1. The van der Waals surface area contributed by atoms with Gasteiger partial charge in [0, 0.05) is 6.54 Å². The van der Waals surface area contributed by atoms with Crippen molar-refractivity contribution in [2.75, 3.05) is 17.4 Å². The van der Waals surface area contributed by atoms with E-state index in [2.05, 4.69) is 5.32 Å². The third kappa shape index (κ3) is 7.01. The average Bonchev–Trinajstić information content (AvgIpc) is 2.80. The molecule has 3 aromatic rings. The van der Waals surface area contributed by atoms with Gasteiger partial charge in [-0.25, -0.2) is 8.42 Å². The average molecular weight is 539 g/mol. The van der Waals surface area contributed by atoms with Crippen LogP contribution in [0.4, 0.5) is 18.9 Å². The Morgan fingerprint density at radius 3 is 2.31 bits per heavy atom. The Balaban J connectivity index is 1.83. The van der Waals surface area contributed by atoms with Crippen molar-refractivity contribution in [3.05, 3.63) is 94.0 Å². The molecule has 0 unspecified atom stereocenters. The number of aryl methyl sites for hydroxylation is 3. The summed E-state index contributed by atoms with van der Waals surface area (Å²) in [6, 6.07) is 16.5. The lowest BCUT2D eigenvalue weighted by Gasteiger charge is -2.25. The molecule has 3 rings (SSSR count). The zero-order valence-electron chi connectivity index (χ0n) is 19.8. The number of nitrogens with zero attached hydrogens (tertiary/aromatic N) is 1. The summed E-state index contributed by atoms with van der Waals surface area (Å²) in [4.78, 5) is 12.6. The van der Waals surface area contributed by atoms with Crippen LogP contribution in [0, 0.1) is 13.8 Å². The molecule has 0 saturated heterocycles. The summed E-state index contributed by atoms with van der Waals surface area (Å²) in [6.07, 6.45) is -3.48. The largest absolute Gasteiger partial charge is 0.417 e. The maximum absolute atomic E-state index is 13.5. The minimum Gasteiger partial charge on any atom is -0.355 e. The Bertz CT molecular complexity index is 1330. The van der Waals surface area contributed by atoms with Gasteiger partial charge in [-0.3, -0.25) is 9.10 Å². The lowest BCUT2D eigenvalue weighted by atomic mass is 10.1. The Morgan fingerprint density at radius 2 is 1.67 bits per heavy atom. The molecule has 0 spiro atoms. The van der Waals surface area contributed by atoms with E-state index >= 15 is 0 Å². The van der Waals surface area contributed by atoms with Gasteiger partial charge in [-0.05, 0) is 62.6 Å². The summed E-state index contributed by atoms with van der Waals surface area (Å²) in [6.45, 7) is 3.34. The molecule has 10 heteroatoms. The molecule has 0 fully saturated rings. The fourth-order valence-electron chi connectivity index (χ4n) is 3.61. The molecule has 1 N–H and O–H groups in total. The second-order valence-electron chi connectivity index (χ2n) is 8.43. The van der Waals surface area contributed by atoms with E-state index in [0.29, 0.717) is 23.2 Å². The second-order valence-corrected chi connectivity index (χ2v) is 10.7. The summed E-state index contributed by atoms with van der Waals surface area (Å²) in [5, 5.41) is 2.09. The number of hydrogen-bond donors (Lipinski definition) is 1. The van der Waals surface area contributed by atoms with Crippen LogP contribution in [0.1, 0.15) is 28.7 Å². The Hall–Kier alpha value is -3.04. The minimum absolute atomic E-state index is 0.149. The van der Waals surface area contributed by atoms with Crippen LogP contribution in [0.25, 0.3) is 0 Å². The van der Waals surface area contributed by atoms with Gasteiger partial charge in [-0.15, -0.1) is 0 Å². The van der Waals surface area contributed by atoms with Gasteiger partial charge in [0.2, 0.25) is 5.91 Å². The van der Waals surface area contributed by atoms with Gasteiger partial charge in [0.1, 0.15) is 6.54 Å². The first-order chi connectivity index (χ1) is 16.9. The van der Waals surface area contributed by atoms with E-state index in [9.17, 15) is 26.4 Å². The van der Waals surface area contributed by atoms with Crippen molar-refractivity contribution in [3.8, 4) is 0 Å². The number of rotatable bonds is 9. The molecule has 0 saturated carbocycles. The van der Waals surface area contributed by atoms with E-state index in [1.807, 2.05) is 31.2 Å². The van der Waals surface area contributed by atoms with Gasteiger partial charge >= 0.3 is 6.18 Å². The molecule has 3 aromatic carbocycles. The van der Waals surface area contributed by atoms with Crippen molar-refractivity contribution in [3.63, 3.8) is 0 Å². The van der Waals surface area contributed by atoms with Gasteiger partial charge in [-0.2, -0.15) is 13.2 Å². The monoisotopic (exact) mass is 538 g/mol. The molecule has 0 heterocycles. The third-order valence-corrected chi connectivity index (χ3v) is 7.60. The lowest BCUT2D eigenvalue weighted by Crippen LogP contribution is -2.41. The lowest BCUT2D eigenvalue weighted by molar-refractivity contribution is -0.137. The molecule has 0 aromatic heterocycles. The van der Waals surface area contributed by atoms with Crippen molar-refractivity contribution < 1.29 is 26.4 Å². The SMILES string of the molecule is Cc1ccc(S(=O)(=O)N(CC(=O)NCCCc2cccc(C)c2)c2ccc(Cl)c(C(F)(F)F)c2)cc1. The number of carbonyl (C=O) groups is 1. The van der Waals surface area contributed by atoms with Gasteiger partial charge < -0.3 is 5.32 Å². The number of halogens is 4. The maximum atomic E-state index is 13.5. The van der Waals surface area contributed by atoms with Crippen molar-refractivity contribution in [1.82, 2.24) is 5.32 Å². The van der Waals surface area contributed by atoms with Crippen LogP contribution in [0.15, 0.2) is 71.6 Å². The number of alkyl halides is 3. The summed E-state index contributed by atoms with van der Waals surface area (Å²) in [5.74, 6) is -0.640.